The molecule has 0 bridgehead atoms. The average molecular weight is 427 g/mol. The first-order chi connectivity index (χ1) is 14.9. The number of carbonyl (C=O) groups excluding carboxylic acids is 2. The van der Waals surface area contributed by atoms with E-state index >= 15 is 0 Å². The number of ether oxygens (including phenoxy) is 1. The molecule has 1 heterocycles. The summed E-state index contributed by atoms with van der Waals surface area (Å²) in [7, 11) is 1.53. The van der Waals surface area contributed by atoms with Crippen LogP contribution in [0.4, 0.5) is 10.1 Å². The van der Waals surface area contributed by atoms with Gasteiger partial charge in [-0.3, -0.25) is 19.6 Å². The number of aromatic nitrogens is 1. The maximum atomic E-state index is 13.8. The zero-order chi connectivity index (χ0) is 22.4. The van der Waals surface area contributed by atoms with Crippen LogP contribution in [-0.2, 0) is 11.3 Å². The quantitative estimate of drug-likeness (QED) is 0.291. The number of rotatable bonds is 8. The Morgan fingerprint density at radius 1 is 1.13 bits per heavy atom. The third-order valence-corrected chi connectivity index (χ3v) is 4.81. The first-order valence-electron chi connectivity index (χ1n) is 9.64. The van der Waals surface area contributed by atoms with E-state index in [9.17, 15) is 18.8 Å². The topological polar surface area (TPSA) is 110 Å². The Hall–Kier alpha value is -3.72. The number of nitrogens with one attached hydrogen (secondary N) is 2. The van der Waals surface area contributed by atoms with Gasteiger partial charge in [-0.15, -0.1) is 0 Å². The molecule has 2 amide bonds. The van der Waals surface area contributed by atoms with Gasteiger partial charge < -0.3 is 14.6 Å². The molecule has 162 valence electrons. The number of carbonyl (C=O) groups is 2. The highest BCUT2D eigenvalue weighted by molar-refractivity contribution is 6.05. The van der Waals surface area contributed by atoms with Crippen molar-refractivity contribution in [3.05, 3.63) is 70.3 Å². The number of amides is 2. The molecule has 31 heavy (non-hydrogen) atoms. The van der Waals surface area contributed by atoms with Crippen LogP contribution in [0.5, 0.6) is 5.75 Å². The molecule has 1 aromatic heterocycles. The molecular weight excluding hydrogens is 405 g/mol. The molecule has 0 unspecified atom stereocenters. The number of nitrogens with zero attached hydrogens (tertiary/aromatic N) is 1. The smallest absolute Gasteiger partial charge is 0.261 e. The largest absolute Gasteiger partial charge is 0.497 e. The zero-order valence-corrected chi connectivity index (χ0v) is 16.9. The summed E-state index contributed by atoms with van der Waals surface area (Å²) < 4.78 is 20.6. The first kappa shape index (κ1) is 22.0. The third kappa shape index (κ3) is 5.26. The number of halogens is 1. The van der Waals surface area contributed by atoms with Crippen molar-refractivity contribution in [2.45, 2.75) is 25.8 Å². The molecule has 0 aliphatic carbocycles. The second-order valence-corrected chi connectivity index (χ2v) is 6.90. The number of pyridine rings is 1. The molecule has 0 saturated carbocycles. The minimum Gasteiger partial charge on any atom is -0.497 e. The maximum Gasteiger partial charge on any atom is 0.261 e. The number of anilines is 1. The fourth-order valence-electron chi connectivity index (χ4n) is 3.21. The van der Waals surface area contributed by atoms with Crippen LogP contribution in [0.15, 0.2) is 53.5 Å². The number of hydroxylamine groups is 1. The molecular formula is C22H22FN3O5. The van der Waals surface area contributed by atoms with Crippen LogP contribution in [0.25, 0.3) is 10.9 Å². The Bertz CT molecular complexity index is 1160. The summed E-state index contributed by atoms with van der Waals surface area (Å²) in [5.41, 5.74) is 1.84. The molecule has 3 aromatic rings. The van der Waals surface area contributed by atoms with E-state index < -0.39 is 23.1 Å². The van der Waals surface area contributed by atoms with Gasteiger partial charge in [0.15, 0.2) is 0 Å². The number of fused-ring (bicyclic) bond motifs is 1. The number of aryl methyl sites for hydroxylation is 1. The van der Waals surface area contributed by atoms with Gasteiger partial charge in [0.1, 0.15) is 17.1 Å². The molecule has 3 N–H and O–H groups in total. The Balaban J connectivity index is 1.90. The van der Waals surface area contributed by atoms with E-state index in [0.29, 0.717) is 36.3 Å². The second-order valence-electron chi connectivity index (χ2n) is 6.90. The third-order valence-electron chi connectivity index (χ3n) is 4.81. The minimum absolute atomic E-state index is 0.0930. The fraction of sp³-hybridized carbons (Fsp3) is 0.227. The van der Waals surface area contributed by atoms with E-state index in [1.54, 1.807) is 34.3 Å². The molecule has 8 nitrogen and oxygen atoms in total. The maximum absolute atomic E-state index is 13.8. The number of benzene rings is 2. The van der Waals surface area contributed by atoms with Gasteiger partial charge in [-0.05, 0) is 55.3 Å². The molecule has 0 radical (unpaired) electrons. The molecule has 0 aliphatic rings. The number of unbranched alkanes of at least 4 members (excludes halogenated alkanes) is 1. The van der Waals surface area contributed by atoms with Gasteiger partial charge in [-0.2, -0.15) is 0 Å². The molecule has 3 rings (SSSR count). The Kier molecular flexibility index (Phi) is 6.99. The van der Waals surface area contributed by atoms with Crippen LogP contribution in [0.1, 0.15) is 29.6 Å². The lowest BCUT2D eigenvalue weighted by atomic mass is 10.1. The SMILES string of the molecule is COc1ccc(NC(=O)c2cn(CCCCC(=O)NO)c3ccc(F)cc3c2=O)cc1. The normalized spacial score (nSPS) is 10.7. The lowest BCUT2D eigenvalue weighted by Gasteiger charge is -2.14. The monoisotopic (exact) mass is 427 g/mol. The Morgan fingerprint density at radius 3 is 2.55 bits per heavy atom. The van der Waals surface area contributed by atoms with Crippen molar-refractivity contribution in [3.63, 3.8) is 0 Å². The minimum atomic E-state index is -0.616. The van der Waals surface area contributed by atoms with Gasteiger partial charge in [0.2, 0.25) is 11.3 Å². The van der Waals surface area contributed by atoms with Crippen molar-refractivity contribution in [2.75, 3.05) is 12.4 Å². The van der Waals surface area contributed by atoms with E-state index in [1.807, 2.05) is 0 Å². The number of hydrogen-bond acceptors (Lipinski definition) is 5. The van der Waals surface area contributed by atoms with Gasteiger partial charge in [0.25, 0.3) is 5.91 Å². The standard InChI is InChI=1S/C22H22FN3O5/c1-31-16-8-6-15(7-9-16)24-22(29)18-13-26(11-3-2-4-20(27)25-30)19-10-5-14(23)12-17(19)21(18)28/h5-10,12-13,30H,2-4,11H2,1H3,(H,24,29)(H,25,27). The van der Waals surface area contributed by atoms with Crippen LogP contribution in [0.3, 0.4) is 0 Å². The summed E-state index contributed by atoms with van der Waals surface area (Å²) in [6.45, 7) is 0.393. The van der Waals surface area contributed by atoms with Gasteiger partial charge >= 0.3 is 0 Å². The Labute approximate surface area is 177 Å². The summed E-state index contributed by atoms with van der Waals surface area (Å²) >= 11 is 0. The van der Waals surface area contributed by atoms with Crippen molar-refractivity contribution in [3.8, 4) is 5.75 Å². The van der Waals surface area contributed by atoms with Crippen LogP contribution in [0.2, 0.25) is 0 Å². The molecule has 0 aliphatic heterocycles. The molecule has 9 heteroatoms. The zero-order valence-electron chi connectivity index (χ0n) is 16.9. The average Bonchev–Trinajstić information content (AvgIpc) is 2.78. The lowest BCUT2D eigenvalue weighted by Crippen LogP contribution is -2.24. The first-order valence-corrected chi connectivity index (χ1v) is 9.64. The van der Waals surface area contributed by atoms with Crippen molar-refractivity contribution in [2.24, 2.45) is 0 Å². The van der Waals surface area contributed by atoms with E-state index in [0.717, 1.165) is 6.07 Å². The van der Waals surface area contributed by atoms with Crippen molar-refractivity contribution >= 4 is 28.4 Å². The summed E-state index contributed by atoms with van der Waals surface area (Å²) in [5.74, 6) is -1.07. The molecule has 0 saturated heterocycles. The number of methoxy groups -OCH3 is 1. The van der Waals surface area contributed by atoms with Gasteiger partial charge in [0.05, 0.1) is 12.6 Å². The van der Waals surface area contributed by atoms with E-state index in [1.165, 1.54) is 25.4 Å². The van der Waals surface area contributed by atoms with E-state index in [2.05, 4.69) is 5.32 Å². The predicted molar refractivity (Wildman–Crippen MR) is 113 cm³/mol. The highest BCUT2D eigenvalue weighted by Gasteiger charge is 2.16. The Morgan fingerprint density at radius 2 is 1.87 bits per heavy atom. The van der Waals surface area contributed by atoms with Crippen molar-refractivity contribution in [1.29, 1.82) is 0 Å². The van der Waals surface area contributed by atoms with E-state index in [-0.39, 0.29) is 17.4 Å². The van der Waals surface area contributed by atoms with Crippen LogP contribution >= 0.6 is 0 Å². The second kappa shape index (κ2) is 9.86. The molecule has 0 atom stereocenters. The summed E-state index contributed by atoms with van der Waals surface area (Å²) in [6.07, 6.45) is 2.60. The fourth-order valence-corrected chi connectivity index (χ4v) is 3.21. The highest BCUT2D eigenvalue weighted by Crippen LogP contribution is 2.18. The summed E-state index contributed by atoms with van der Waals surface area (Å²) in [5, 5.41) is 11.3. The number of hydrogen-bond donors (Lipinski definition) is 3. The van der Waals surface area contributed by atoms with Crippen molar-refractivity contribution in [1.82, 2.24) is 10.0 Å². The van der Waals surface area contributed by atoms with Crippen LogP contribution in [-0.4, -0.2) is 28.7 Å². The summed E-state index contributed by atoms with van der Waals surface area (Å²) in [6, 6.07) is 10.5. The highest BCUT2D eigenvalue weighted by atomic mass is 19.1. The predicted octanol–water partition coefficient (Wildman–Crippen LogP) is 3.08. The van der Waals surface area contributed by atoms with E-state index in [4.69, 9.17) is 9.94 Å². The van der Waals surface area contributed by atoms with Crippen LogP contribution in [0, 0.1) is 5.82 Å². The molecule has 0 fully saturated rings. The summed E-state index contributed by atoms with van der Waals surface area (Å²) in [4.78, 5) is 36.8. The van der Waals surface area contributed by atoms with Gasteiger partial charge in [-0.1, -0.05) is 0 Å². The molecule has 2 aromatic carbocycles. The lowest BCUT2D eigenvalue weighted by molar-refractivity contribution is -0.129. The molecule has 0 spiro atoms. The van der Waals surface area contributed by atoms with Crippen LogP contribution < -0.4 is 21.0 Å². The van der Waals surface area contributed by atoms with Gasteiger partial charge in [0, 0.05) is 30.2 Å². The van der Waals surface area contributed by atoms with Crippen molar-refractivity contribution < 1.29 is 23.9 Å². The van der Waals surface area contributed by atoms with Gasteiger partial charge in [-0.25, -0.2) is 9.87 Å².